The smallest absolute Gasteiger partial charge is 0.227 e. The second kappa shape index (κ2) is 6.33. The fraction of sp³-hybridized carbons (Fsp3) is 0.400. The Bertz CT molecular complexity index is 976. The second-order valence-corrected chi connectivity index (χ2v) is 7.43. The number of aromatic nitrogens is 5. The Morgan fingerprint density at radius 1 is 1.15 bits per heavy atom. The van der Waals surface area contributed by atoms with Gasteiger partial charge < -0.3 is 9.47 Å². The van der Waals surface area contributed by atoms with Gasteiger partial charge in [-0.15, -0.1) is 10.2 Å². The van der Waals surface area contributed by atoms with E-state index in [-0.39, 0.29) is 17.9 Å². The van der Waals surface area contributed by atoms with Crippen molar-refractivity contribution >= 4 is 5.91 Å². The molecule has 7 nitrogen and oxygen atoms in total. The standard InChI is InChI=1S/C20H22N6O/c1-14-22-23-19-8-7-16(12-25(14)19)20(27)24-11-15-5-2-3-6-17(15)18(13-24)26-10-4-9-21-26/h2-6,9-10,16,18H,7-8,11-13H2,1H3. The summed E-state index contributed by atoms with van der Waals surface area (Å²) in [7, 11) is 0. The zero-order valence-corrected chi connectivity index (χ0v) is 15.3. The molecule has 27 heavy (non-hydrogen) atoms. The van der Waals surface area contributed by atoms with Crippen LogP contribution >= 0.6 is 0 Å². The molecule has 2 aliphatic rings. The Balaban J connectivity index is 1.43. The van der Waals surface area contributed by atoms with E-state index in [1.54, 1.807) is 6.20 Å². The van der Waals surface area contributed by atoms with Gasteiger partial charge in [0.2, 0.25) is 5.91 Å². The van der Waals surface area contributed by atoms with Crippen LogP contribution in [-0.2, 0) is 24.3 Å². The number of carbonyl (C=O) groups is 1. The molecule has 2 aliphatic heterocycles. The van der Waals surface area contributed by atoms with Crippen molar-refractivity contribution in [1.29, 1.82) is 0 Å². The predicted molar refractivity (Wildman–Crippen MR) is 98.8 cm³/mol. The van der Waals surface area contributed by atoms with E-state index in [1.165, 1.54) is 11.1 Å². The minimum absolute atomic E-state index is 0.0178. The molecule has 0 fully saturated rings. The molecule has 0 bridgehead atoms. The lowest BCUT2D eigenvalue weighted by Gasteiger charge is -2.37. The van der Waals surface area contributed by atoms with Crippen molar-refractivity contribution in [3.8, 4) is 0 Å². The lowest BCUT2D eigenvalue weighted by molar-refractivity contribution is -0.138. The Labute approximate surface area is 157 Å². The van der Waals surface area contributed by atoms with Crippen LogP contribution in [-0.4, -0.2) is 41.9 Å². The number of carbonyl (C=O) groups excluding carboxylic acids is 1. The number of rotatable bonds is 2. The number of amides is 1. The molecule has 2 unspecified atom stereocenters. The minimum atomic E-state index is -0.0178. The van der Waals surface area contributed by atoms with Crippen LogP contribution in [0.1, 0.15) is 35.2 Å². The molecule has 5 rings (SSSR count). The van der Waals surface area contributed by atoms with Crippen molar-refractivity contribution < 1.29 is 4.79 Å². The van der Waals surface area contributed by atoms with Gasteiger partial charge in [0.25, 0.3) is 0 Å². The SMILES string of the molecule is Cc1nnc2n1CC(C(=O)N1Cc3ccccc3C(n3cccn3)C1)CC2. The first-order valence-electron chi connectivity index (χ1n) is 9.45. The third-order valence-corrected chi connectivity index (χ3v) is 5.81. The predicted octanol–water partition coefficient (Wildman–Crippen LogP) is 1.98. The van der Waals surface area contributed by atoms with Crippen molar-refractivity contribution in [2.24, 2.45) is 5.92 Å². The summed E-state index contributed by atoms with van der Waals surface area (Å²) in [5, 5.41) is 12.8. The molecule has 0 saturated heterocycles. The van der Waals surface area contributed by atoms with Gasteiger partial charge in [-0.1, -0.05) is 24.3 Å². The van der Waals surface area contributed by atoms with E-state index in [9.17, 15) is 4.79 Å². The summed E-state index contributed by atoms with van der Waals surface area (Å²) in [6, 6.07) is 10.4. The summed E-state index contributed by atoms with van der Waals surface area (Å²) in [6.45, 7) is 3.95. The van der Waals surface area contributed by atoms with Crippen LogP contribution in [0.5, 0.6) is 0 Å². The van der Waals surface area contributed by atoms with Gasteiger partial charge in [0, 0.05) is 38.4 Å². The fourth-order valence-corrected chi connectivity index (χ4v) is 4.36. The van der Waals surface area contributed by atoms with Crippen LogP contribution in [0.3, 0.4) is 0 Å². The monoisotopic (exact) mass is 362 g/mol. The van der Waals surface area contributed by atoms with E-state index < -0.39 is 0 Å². The van der Waals surface area contributed by atoms with Crippen LogP contribution in [0.25, 0.3) is 0 Å². The molecule has 0 N–H and O–H groups in total. The molecule has 7 heteroatoms. The Morgan fingerprint density at radius 2 is 2.04 bits per heavy atom. The molecule has 2 aromatic heterocycles. The third-order valence-electron chi connectivity index (χ3n) is 5.81. The van der Waals surface area contributed by atoms with Crippen LogP contribution in [0.4, 0.5) is 0 Å². The molecule has 0 spiro atoms. The Kier molecular flexibility index (Phi) is 3.81. The van der Waals surface area contributed by atoms with Crippen LogP contribution in [0, 0.1) is 12.8 Å². The first-order valence-corrected chi connectivity index (χ1v) is 9.45. The lowest BCUT2D eigenvalue weighted by Crippen LogP contribution is -2.45. The van der Waals surface area contributed by atoms with E-state index in [1.807, 2.05) is 34.8 Å². The molecule has 0 aliphatic carbocycles. The molecule has 0 saturated carbocycles. The topological polar surface area (TPSA) is 68.8 Å². The van der Waals surface area contributed by atoms with Gasteiger partial charge in [-0.05, 0) is 30.5 Å². The maximum absolute atomic E-state index is 13.4. The van der Waals surface area contributed by atoms with Crippen molar-refractivity contribution in [3.63, 3.8) is 0 Å². The molecule has 1 aromatic carbocycles. The highest BCUT2D eigenvalue weighted by atomic mass is 16.2. The quantitative estimate of drug-likeness (QED) is 0.699. The number of benzene rings is 1. The van der Waals surface area contributed by atoms with Crippen molar-refractivity contribution in [1.82, 2.24) is 29.4 Å². The highest BCUT2D eigenvalue weighted by Crippen LogP contribution is 2.31. The van der Waals surface area contributed by atoms with Crippen molar-refractivity contribution in [2.75, 3.05) is 6.54 Å². The minimum Gasteiger partial charge on any atom is -0.336 e. The number of aryl methyl sites for hydroxylation is 2. The number of hydrogen-bond acceptors (Lipinski definition) is 4. The van der Waals surface area contributed by atoms with Gasteiger partial charge in [0.1, 0.15) is 11.6 Å². The van der Waals surface area contributed by atoms with Crippen LogP contribution in [0.2, 0.25) is 0 Å². The summed E-state index contributed by atoms with van der Waals surface area (Å²) in [5.74, 6) is 2.09. The zero-order valence-electron chi connectivity index (χ0n) is 15.3. The summed E-state index contributed by atoms with van der Waals surface area (Å²) in [6.07, 6.45) is 5.41. The van der Waals surface area contributed by atoms with Gasteiger partial charge in [-0.25, -0.2) is 0 Å². The summed E-state index contributed by atoms with van der Waals surface area (Å²) < 4.78 is 4.05. The maximum Gasteiger partial charge on any atom is 0.227 e. The number of fused-ring (bicyclic) bond motifs is 2. The van der Waals surface area contributed by atoms with Crippen molar-refractivity contribution in [2.45, 2.75) is 38.9 Å². The third kappa shape index (κ3) is 2.74. The summed E-state index contributed by atoms with van der Waals surface area (Å²) in [5.41, 5.74) is 2.46. The van der Waals surface area contributed by atoms with Crippen LogP contribution < -0.4 is 0 Å². The van der Waals surface area contributed by atoms with Gasteiger partial charge in [-0.2, -0.15) is 5.10 Å². The molecular weight excluding hydrogens is 340 g/mol. The highest BCUT2D eigenvalue weighted by Gasteiger charge is 2.34. The van der Waals surface area contributed by atoms with Crippen LogP contribution in [0.15, 0.2) is 42.7 Å². The first kappa shape index (κ1) is 16.2. The van der Waals surface area contributed by atoms with Gasteiger partial charge in [0.05, 0.1) is 12.0 Å². The van der Waals surface area contributed by atoms with Gasteiger partial charge in [-0.3, -0.25) is 9.48 Å². The Morgan fingerprint density at radius 3 is 2.89 bits per heavy atom. The average Bonchev–Trinajstić information content (AvgIpc) is 3.37. The number of nitrogens with zero attached hydrogens (tertiary/aromatic N) is 6. The van der Waals surface area contributed by atoms with Gasteiger partial charge in [0.15, 0.2) is 0 Å². The van der Waals surface area contributed by atoms with Crippen molar-refractivity contribution in [3.05, 3.63) is 65.5 Å². The second-order valence-electron chi connectivity index (χ2n) is 7.43. The molecule has 138 valence electrons. The molecule has 2 atom stereocenters. The largest absolute Gasteiger partial charge is 0.336 e. The average molecular weight is 362 g/mol. The van der Waals surface area contributed by atoms with E-state index in [2.05, 4.69) is 38.1 Å². The molecule has 4 heterocycles. The first-order chi connectivity index (χ1) is 13.2. The van der Waals surface area contributed by atoms with Gasteiger partial charge >= 0.3 is 0 Å². The van der Waals surface area contributed by atoms with E-state index in [4.69, 9.17) is 0 Å². The molecule has 3 aromatic rings. The fourth-order valence-electron chi connectivity index (χ4n) is 4.36. The van der Waals surface area contributed by atoms with E-state index >= 15 is 0 Å². The zero-order chi connectivity index (χ0) is 18.4. The Hall–Kier alpha value is -2.96. The normalized spacial score (nSPS) is 21.6. The number of hydrogen-bond donors (Lipinski definition) is 0. The summed E-state index contributed by atoms with van der Waals surface area (Å²) in [4.78, 5) is 15.4. The highest BCUT2D eigenvalue weighted by molar-refractivity contribution is 5.79. The maximum atomic E-state index is 13.4. The van der Waals surface area contributed by atoms with E-state index in [0.29, 0.717) is 19.6 Å². The van der Waals surface area contributed by atoms with E-state index in [0.717, 1.165) is 24.5 Å². The molecule has 0 radical (unpaired) electrons. The molecular formula is C20H22N6O. The lowest BCUT2D eigenvalue weighted by atomic mass is 9.92. The molecule has 1 amide bonds. The summed E-state index contributed by atoms with van der Waals surface area (Å²) >= 11 is 0.